The SMILES string of the molecule is C#CCCC1(CCC(=O)Nc2ccc(CCN3CCCCC3)cc2)N=N1. The Morgan fingerprint density at radius 1 is 1.15 bits per heavy atom. The molecular weight excluding hydrogens is 324 g/mol. The van der Waals surface area contributed by atoms with Crippen LogP contribution in [0.1, 0.15) is 50.5 Å². The van der Waals surface area contributed by atoms with Gasteiger partial charge in [0.25, 0.3) is 0 Å². The number of nitrogens with one attached hydrogen (secondary N) is 1. The summed E-state index contributed by atoms with van der Waals surface area (Å²) < 4.78 is 0. The minimum atomic E-state index is -0.387. The van der Waals surface area contributed by atoms with Crippen molar-refractivity contribution < 1.29 is 4.79 Å². The maximum atomic E-state index is 12.1. The lowest BCUT2D eigenvalue weighted by molar-refractivity contribution is -0.116. The molecule has 3 rings (SSSR count). The topological polar surface area (TPSA) is 57.1 Å². The van der Waals surface area contributed by atoms with E-state index in [1.165, 1.54) is 37.9 Å². The average Bonchev–Trinajstić information content (AvgIpc) is 3.45. The molecule has 26 heavy (non-hydrogen) atoms. The van der Waals surface area contributed by atoms with Gasteiger partial charge in [0, 0.05) is 37.9 Å². The van der Waals surface area contributed by atoms with Crippen LogP contribution in [-0.4, -0.2) is 36.1 Å². The zero-order chi connectivity index (χ0) is 18.2. The summed E-state index contributed by atoms with van der Waals surface area (Å²) in [6.07, 6.45) is 12.8. The lowest BCUT2D eigenvalue weighted by Gasteiger charge is -2.26. The van der Waals surface area contributed by atoms with Gasteiger partial charge in [-0.1, -0.05) is 18.6 Å². The summed E-state index contributed by atoms with van der Waals surface area (Å²) in [7, 11) is 0. The van der Waals surface area contributed by atoms with Gasteiger partial charge in [-0.3, -0.25) is 4.79 Å². The minimum Gasteiger partial charge on any atom is -0.326 e. The monoisotopic (exact) mass is 352 g/mol. The van der Waals surface area contributed by atoms with E-state index >= 15 is 0 Å². The maximum Gasteiger partial charge on any atom is 0.224 e. The van der Waals surface area contributed by atoms with Gasteiger partial charge < -0.3 is 10.2 Å². The Kier molecular flexibility index (Phi) is 6.40. The van der Waals surface area contributed by atoms with Gasteiger partial charge in [-0.2, -0.15) is 10.2 Å². The summed E-state index contributed by atoms with van der Waals surface area (Å²) in [4.78, 5) is 14.7. The van der Waals surface area contributed by atoms with E-state index in [-0.39, 0.29) is 11.6 Å². The second-order valence-electron chi connectivity index (χ2n) is 7.28. The molecule has 1 N–H and O–H groups in total. The Bertz CT molecular complexity index is 662. The van der Waals surface area contributed by atoms with E-state index in [4.69, 9.17) is 6.42 Å². The molecule has 0 aromatic heterocycles. The number of hydrogen-bond donors (Lipinski definition) is 1. The number of likely N-dealkylation sites (tertiary alicyclic amines) is 1. The van der Waals surface area contributed by atoms with Gasteiger partial charge in [0.1, 0.15) is 0 Å². The van der Waals surface area contributed by atoms with E-state index in [1.54, 1.807) is 0 Å². The summed E-state index contributed by atoms with van der Waals surface area (Å²) in [5, 5.41) is 11.1. The lowest BCUT2D eigenvalue weighted by atomic mass is 10.0. The number of piperidine rings is 1. The van der Waals surface area contributed by atoms with Crippen LogP contribution in [-0.2, 0) is 11.2 Å². The van der Waals surface area contributed by atoms with Gasteiger partial charge in [0.05, 0.1) is 0 Å². The van der Waals surface area contributed by atoms with Crippen LogP contribution < -0.4 is 5.32 Å². The van der Waals surface area contributed by atoms with Crippen LogP contribution in [0.25, 0.3) is 0 Å². The summed E-state index contributed by atoms with van der Waals surface area (Å²) in [6, 6.07) is 8.20. The van der Waals surface area contributed by atoms with Crippen LogP contribution in [0.3, 0.4) is 0 Å². The summed E-state index contributed by atoms with van der Waals surface area (Å²) in [5.74, 6) is 2.61. The highest BCUT2D eigenvalue weighted by molar-refractivity contribution is 5.90. The highest BCUT2D eigenvalue weighted by Gasteiger charge is 2.39. The average molecular weight is 352 g/mol. The zero-order valence-corrected chi connectivity index (χ0v) is 15.4. The Hall–Kier alpha value is -2.19. The van der Waals surface area contributed by atoms with E-state index in [2.05, 4.69) is 38.5 Å². The third kappa shape index (κ3) is 5.67. The van der Waals surface area contributed by atoms with Gasteiger partial charge in [-0.15, -0.1) is 12.3 Å². The standard InChI is InChI=1S/C21H28N4O/c1-2-3-13-21(23-24-21)14-11-20(26)22-19-9-7-18(8-10-19)12-17-25-15-5-4-6-16-25/h1,7-10H,3-6,11-17H2,(H,22,26). The first-order chi connectivity index (χ1) is 12.7. The van der Waals surface area contributed by atoms with Crippen molar-refractivity contribution in [1.82, 2.24) is 4.90 Å². The molecule has 0 bridgehead atoms. The third-order valence-corrected chi connectivity index (χ3v) is 5.21. The molecule has 1 saturated heterocycles. The van der Waals surface area contributed by atoms with Crippen LogP contribution in [0.5, 0.6) is 0 Å². The highest BCUT2D eigenvalue weighted by atomic mass is 16.1. The molecule has 0 saturated carbocycles. The van der Waals surface area contributed by atoms with Gasteiger partial charge in [0.15, 0.2) is 5.66 Å². The van der Waals surface area contributed by atoms with Gasteiger partial charge >= 0.3 is 0 Å². The van der Waals surface area contributed by atoms with Crippen molar-refractivity contribution in [2.24, 2.45) is 10.2 Å². The quantitative estimate of drug-likeness (QED) is 0.683. The third-order valence-electron chi connectivity index (χ3n) is 5.21. The molecule has 5 nitrogen and oxygen atoms in total. The Morgan fingerprint density at radius 2 is 1.88 bits per heavy atom. The summed E-state index contributed by atoms with van der Waals surface area (Å²) in [6.45, 7) is 3.59. The maximum absolute atomic E-state index is 12.1. The lowest BCUT2D eigenvalue weighted by Crippen LogP contribution is -2.31. The normalized spacial score (nSPS) is 18.3. The number of carbonyl (C=O) groups excluding carboxylic acids is 1. The molecule has 0 spiro atoms. The first-order valence-electron chi connectivity index (χ1n) is 9.68. The molecule has 2 aliphatic heterocycles. The predicted molar refractivity (Wildman–Crippen MR) is 104 cm³/mol. The number of hydrogen-bond acceptors (Lipinski definition) is 4. The van der Waals surface area contributed by atoms with Crippen molar-refractivity contribution in [3.8, 4) is 12.3 Å². The Morgan fingerprint density at radius 3 is 2.54 bits per heavy atom. The molecule has 1 aromatic rings. The highest BCUT2D eigenvalue weighted by Crippen LogP contribution is 2.37. The molecule has 1 fully saturated rings. The number of anilines is 1. The molecule has 2 heterocycles. The van der Waals surface area contributed by atoms with Crippen LogP contribution in [0.15, 0.2) is 34.5 Å². The van der Waals surface area contributed by atoms with Crippen LogP contribution in [0, 0.1) is 12.3 Å². The predicted octanol–water partition coefficient (Wildman–Crippen LogP) is 4.01. The molecule has 5 heteroatoms. The second kappa shape index (κ2) is 8.95. The van der Waals surface area contributed by atoms with Gasteiger partial charge in [-0.05, 0) is 50.0 Å². The fourth-order valence-electron chi connectivity index (χ4n) is 3.43. The molecular formula is C21H28N4O. The number of carbonyl (C=O) groups is 1. The van der Waals surface area contributed by atoms with Crippen molar-refractivity contribution in [3.05, 3.63) is 29.8 Å². The van der Waals surface area contributed by atoms with E-state index < -0.39 is 0 Å². The number of rotatable bonds is 9. The molecule has 2 aliphatic rings. The van der Waals surface area contributed by atoms with Crippen molar-refractivity contribution in [1.29, 1.82) is 0 Å². The summed E-state index contributed by atoms with van der Waals surface area (Å²) in [5.41, 5.74) is 1.78. The largest absolute Gasteiger partial charge is 0.326 e. The molecule has 0 unspecified atom stereocenters. The van der Waals surface area contributed by atoms with Crippen LogP contribution in [0.4, 0.5) is 5.69 Å². The first-order valence-corrected chi connectivity index (χ1v) is 9.68. The molecule has 0 atom stereocenters. The summed E-state index contributed by atoms with van der Waals surface area (Å²) >= 11 is 0. The smallest absolute Gasteiger partial charge is 0.224 e. The van der Waals surface area contributed by atoms with Gasteiger partial charge in [-0.25, -0.2) is 0 Å². The van der Waals surface area contributed by atoms with E-state index in [9.17, 15) is 4.79 Å². The van der Waals surface area contributed by atoms with Crippen molar-refractivity contribution in [3.63, 3.8) is 0 Å². The van der Waals surface area contributed by atoms with Crippen LogP contribution in [0.2, 0.25) is 0 Å². The fraction of sp³-hybridized carbons (Fsp3) is 0.571. The molecule has 0 radical (unpaired) electrons. The number of benzene rings is 1. The van der Waals surface area contributed by atoms with Crippen molar-refractivity contribution >= 4 is 11.6 Å². The van der Waals surface area contributed by atoms with Crippen LogP contribution >= 0.6 is 0 Å². The molecule has 0 aliphatic carbocycles. The fourth-order valence-corrected chi connectivity index (χ4v) is 3.43. The van der Waals surface area contributed by atoms with E-state index in [1.807, 2.05) is 12.1 Å². The van der Waals surface area contributed by atoms with E-state index in [0.717, 1.165) is 25.1 Å². The van der Waals surface area contributed by atoms with E-state index in [0.29, 0.717) is 19.3 Å². The number of nitrogens with zero attached hydrogens (tertiary/aromatic N) is 3. The van der Waals surface area contributed by atoms with Crippen molar-refractivity contribution in [2.45, 2.75) is 57.0 Å². The Labute approximate surface area is 156 Å². The second-order valence-corrected chi connectivity index (χ2v) is 7.28. The zero-order valence-electron chi connectivity index (χ0n) is 15.4. The number of terminal acetylenes is 1. The van der Waals surface area contributed by atoms with Gasteiger partial charge in [0.2, 0.25) is 5.91 Å². The number of amides is 1. The molecule has 138 valence electrons. The minimum absolute atomic E-state index is 0.00319. The molecule has 1 aromatic carbocycles. The molecule has 1 amide bonds. The first kappa shape index (κ1) is 18.6. The van der Waals surface area contributed by atoms with Crippen molar-refractivity contribution in [2.75, 3.05) is 25.0 Å². The Balaban J connectivity index is 1.38.